The van der Waals surface area contributed by atoms with Crippen LogP contribution in [-0.2, 0) is 14.6 Å². The lowest BCUT2D eigenvalue weighted by Gasteiger charge is -2.14. The van der Waals surface area contributed by atoms with E-state index in [1.807, 2.05) is 0 Å². The predicted octanol–water partition coefficient (Wildman–Crippen LogP) is 1.25. The number of carboxylic acid groups (broad SMARTS) is 1. The number of aliphatic carboxylic acids is 1. The van der Waals surface area contributed by atoms with Gasteiger partial charge >= 0.3 is 5.97 Å². The summed E-state index contributed by atoms with van der Waals surface area (Å²) in [5, 5.41) is 17.8. The third kappa shape index (κ3) is 3.97. The van der Waals surface area contributed by atoms with E-state index in [9.17, 15) is 18.3 Å². The molecule has 18 heavy (non-hydrogen) atoms. The van der Waals surface area contributed by atoms with Crippen LogP contribution in [0.1, 0.15) is 12.8 Å². The van der Waals surface area contributed by atoms with Crippen molar-refractivity contribution in [3.63, 3.8) is 0 Å². The molecular formula is C11H13ClO5S. The molecule has 0 amide bonds. The van der Waals surface area contributed by atoms with E-state index >= 15 is 0 Å². The Labute approximate surface area is 110 Å². The van der Waals surface area contributed by atoms with Crippen molar-refractivity contribution in [2.45, 2.75) is 28.6 Å². The van der Waals surface area contributed by atoms with Gasteiger partial charge in [-0.1, -0.05) is 18.2 Å². The zero-order valence-corrected chi connectivity index (χ0v) is 10.9. The monoisotopic (exact) mass is 292 g/mol. The Hall–Kier alpha value is -1.11. The third-order valence-electron chi connectivity index (χ3n) is 2.28. The van der Waals surface area contributed by atoms with Crippen molar-refractivity contribution >= 4 is 27.4 Å². The Balaban J connectivity index is 2.78. The fourth-order valence-corrected chi connectivity index (χ4v) is 3.20. The first-order valence-corrected chi connectivity index (χ1v) is 7.15. The lowest BCUT2D eigenvalue weighted by Crippen LogP contribution is -2.23. The molecule has 1 aromatic carbocycles. The first-order valence-electron chi connectivity index (χ1n) is 5.17. The number of aliphatic hydroxyl groups excluding tert-OH is 1. The summed E-state index contributed by atoms with van der Waals surface area (Å²) in [6.45, 7) is 0. The maximum absolute atomic E-state index is 12.0. The summed E-state index contributed by atoms with van der Waals surface area (Å²) < 4.78 is 22.6. The first kappa shape index (κ1) is 14.9. The summed E-state index contributed by atoms with van der Waals surface area (Å²) in [4.78, 5) is 10.4. The normalized spacial score (nSPS) is 15.0. The summed E-state index contributed by atoms with van der Waals surface area (Å²) in [6, 6.07) is 7.58. The van der Waals surface area contributed by atoms with Gasteiger partial charge in [0.1, 0.15) is 4.71 Å². The van der Waals surface area contributed by atoms with Crippen molar-refractivity contribution in [1.82, 2.24) is 0 Å². The highest BCUT2D eigenvalue weighted by Gasteiger charge is 2.28. The van der Waals surface area contributed by atoms with E-state index in [1.165, 1.54) is 12.1 Å². The largest absolute Gasteiger partial charge is 0.481 e. The first-order chi connectivity index (χ1) is 8.34. The quantitative estimate of drug-likeness (QED) is 0.770. The molecule has 0 aliphatic carbocycles. The van der Waals surface area contributed by atoms with E-state index in [1.54, 1.807) is 18.2 Å². The van der Waals surface area contributed by atoms with Crippen LogP contribution >= 0.6 is 11.6 Å². The number of benzene rings is 1. The average Bonchev–Trinajstić information content (AvgIpc) is 2.28. The predicted molar refractivity (Wildman–Crippen MR) is 66.1 cm³/mol. The molecular weight excluding hydrogens is 280 g/mol. The minimum atomic E-state index is -3.76. The summed E-state index contributed by atoms with van der Waals surface area (Å²) in [6.07, 6.45) is -2.15. The van der Waals surface area contributed by atoms with Crippen LogP contribution in [0.4, 0.5) is 0 Å². The molecule has 2 N–H and O–H groups in total. The number of carboxylic acids is 1. The van der Waals surface area contributed by atoms with Gasteiger partial charge in [-0.15, -0.1) is 11.6 Å². The second kappa shape index (κ2) is 6.17. The highest BCUT2D eigenvalue weighted by atomic mass is 35.5. The Morgan fingerprint density at radius 1 is 1.28 bits per heavy atom. The van der Waals surface area contributed by atoms with E-state index in [4.69, 9.17) is 16.7 Å². The smallest absolute Gasteiger partial charge is 0.305 e. The molecule has 0 aliphatic heterocycles. The highest BCUT2D eigenvalue weighted by Crippen LogP contribution is 2.22. The van der Waals surface area contributed by atoms with Gasteiger partial charge in [-0.3, -0.25) is 4.79 Å². The standard InChI is InChI=1S/C11H13ClO5S/c12-10(6-8(13)7-11(14)15)18(16,17)9-4-2-1-3-5-9/h1-5,8,10,13H,6-7H2,(H,14,15). The molecule has 0 bridgehead atoms. The van der Waals surface area contributed by atoms with Gasteiger partial charge in [0, 0.05) is 6.42 Å². The lowest BCUT2D eigenvalue weighted by molar-refractivity contribution is -0.139. The molecule has 0 saturated carbocycles. The molecule has 5 nitrogen and oxygen atoms in total. The Kier molecular flexibility index (Phi) is 5.13. The number of halogens is 1. The molecule has 0 fully saturated rings. The van der Waals surface area contributed by atoms with E-state index in [0.29, 0.717) is 0 Å². The Morgan fingerprint density at radius 3 is 2.33 bits per heavy atom. The fourth-order valence-electron chi connectivity index (χ4n) is 1.38. The number of aliphatic hydroxyl groups is 1. The van der Waals surface area contributed by atoms with E-state index in [0.717, 1.165) is 0 Å². The number of alkyl halides is 1. The molecule has 0 radical (unpaired) electrons. The third-order valence-corrected chi connectivity index (χ3v) is 4.95. The van der Waals surface area contributed by atoms with Crippen LogP contribution < -0.4 is 0 Å². The number of hydrogen-bond acceptors (Lipinski definition) is 4. The minimum Gasteiger partial charge on any atom is -0.481 e. The topological polar surface area (TPSA) is 91.7 Å². The van der Waals surface area contributed by atoms with Gasteiger partial charge in [-0.25, -0.2) is 8.42 Å². The molecule has 2 atom stereocenters. The zero-order chi connectivity index (χ0) is 13.8. The average molecular weight is 293 g/mol. The highest BCUT2D eigenvalue weighted by molar-refractivity contribution is 7.93. The van der Waals surface area contributed by atoms with Crippen molar-refractivity contribution < 1.29 is 23.4 Å². The van der Waals surface area contributed by atoms with Crippen LogP contribution in [0.5, 0.6) is 0 Å². The van der Waals surface area contributed by atoms with Crippen molar-refractivity contribution in [3.05, 3.63) is 30.3 Å². The van der Waals surface area contributed by atoms with Crippen LogP contribution in [0.3, 0.4) is 0 Å². The SMILES string of the molecule is O=C(O)CC(O)CC(Cl)S(=O)(=O)c1ccccc1. The second-order valence-corrected chi connectivity index (χ2v) is 6.67. The number of carbonyl (C=O) groups is 1. The van der Waals surface area contributed by atoms with Crippen molar-refractivity contribution in [1.29, 1.82) is 0 Å². The number of hydrogen-bond donors (Lipinski definition) is 2. The minimum absolute atomic E-state index is 0.0486. The summed E-state index contributed by atoms with van der Waals surface area (Å²) >= 11 is 5.74. The van der Waals surface area contributed by atoms with E-state index in [-0.39, 0.29) is 11.3 Å². The van der Waals surface area contributed by atoms with Gasteiger partial charge in [0.25, 0.3) is 0 Å². The van der Waals surface area contributed by atoms with Gasteiger partial charge in [0.15, 0.2) is 9.84 Å². The van der Waals surface area contributed by atoms with E-state index < -0.39 is 33.0 Å². The van der Waals surface area contributed by atoms with Crippen molar-refractivity contribution in [2.75, 3.05) is 0 Å². The van der Waals surface area contributed by atoms with Gasteiger partial charge in [-0.2, -0.15) is 0 Å². The summed E-state index contributed by atoms with van der Waals surface area (Å²) in [5.41, 5.74) is 0. The molecule has 1 aromatic rings. The second-order valence-electron chi connectivity index (χ2n) is 3.76. The molecule has 0 heterocycles. The molecule has 100 valence electrons. The molecule has 1 rings (SSSR count). The number of sulfone groups is 1. The Morgan fingerprint density at radius 2 is 1.83 bits per heavy atom. The molecule has 0 aliphatic rings. The van der Waals surface area contributed by atoms with Crippen LogP contribution in [0.2, 0.25) is 0 Å². The number of rotatable bonds is 6. The van der Waals surface area contributed by atoms with Gasteiger partial charge < -0.3 is 10.2 Å². The van der Waals surface area contributed by atoms with E-state index in [2.05, 4.69) is 0 Å². The van der Waals surface area contributed by atoms with Crippen molar-refractivity contribution in [2.24, 2.45) is 0 Å². The summed E-state index contributed by atoms with van der Waals surface area (Å²) in [5.74, 6) is -1.21. The molecule has 0 aromatic heterocycles. The van der Waals surface area contributed by atoms with Crippen LogP contribution in [0.15, 0.2) is 35.2 Å². The summed E-state index contributed by atoms with van der Waals surface area (Å²) in [7, 11) is -3.76. The zero-order valence-electron chi connectivity index (χ0n) is 9.36. The van der Waals surface area contributed by atoms with Gasteiger partial charge in [0.2, 0.25) is 0 Å². The fraction of sp³-hybridized carbons (Fsp3) is 0.364. The molecule has 2 unspecified atom stereocenters. The van der Waals surface area contributed by atoms with Gasteiger partial charge in [-0.05, 0) is 12.1 Å². The lowest BCUT2D eigenvalue weighted by atomic mass is 10.2. The van der Waals surface area contributed by atoms with Crippen LogP contribution in [-0.4, -0.2) is 35.4 Å². The van der Waals surface area contributed by atoms with Gasteiger partial charge in [0.05, 0.1) is 17.4 Å². The van der Waals surface area contributed by atoms with Crippen LogP contribution in [0.25, 0.3) is 0 Å². The van der Waals surface area contributed by atoms with Crippen molar-refractivity contribution in [3.8, 4) is 0 Å². The maximum atomic E-state index is 12.0. The maximum Gasteiger partial charge on any atom is 0.305 e. The Bertz CT molecular complexity index is 499. The molecule has 0 spiro atoms. The molecule has 7 heteroatoms. The van der Waals surface area contributed by atoms with Crippen LogP contribution in [0, 0.1) is 0 Å². The molecule has 0 saturated heterocycles.